The van der Waals surface area contributed by atoms with Gasteiger partial charge in [-0.15, -0.1) is 11.8 Å². The van der Waals surface area contributed by atoms with Crippen LogP contribution in [0.5, 0.6) is 0 Å². The lowest BCUT2D eigenvalue weighted by molar-refractivity contribution is -0.132. The van der Waals surface area contributed by atoms with Crippen LogP contribution in [0.15, 0.2) is 195 Å². The van der Waals surface area contributed by atoms with E-state index in [1.807, 2.05) is 70.2 Å². The number of pyridine rings is 1. The van der Waals surface area contributed by atoms with Crippen molar-refractivity contribution < 1.29 is 66.1 Å². The number of carbonyl (C=O) groups is 1. The van der Waals surface area contributed by atoms with E-state index in [-0.39, 0.29) is 81.1 Å². The minimum Gasteiger partial charge on any atom is -0.497 e. The van der Waals surface area contributed by atoms with Crippen molar-refractivity contribution in [3.05, 3.63) is 173 Å². The summed E-state index contributed by atoms with van der Waals surface area (Å²) in [6.07, 6.45) is 6.30. The molecule has 10 unspecified atom stereocenters. The van der Waals surface area contributed by atoms with Gasteiger partial charge in [0.2, 0.25) is 59.0 Å². The second kappa shape index (κ2) is 42.8. The van der Waals surface area contributed by atoms with Crippen LogP contribution < -0.4 is 5.32 Å². The molecule has 0 radical (unpaired) electrons. The molecule has 110 heavy (non-hydrogen) atoms. The maximum absolute atomic E-state index is 14.7. The summed E-state index contributed by atoms with van der Waals surface area (Å²) in [5, 5.41) is 150. The first-order valence-corrected chi connectivity index (χ1v) is 38.1. The van der Waals surface area contributed by atoms with Crippen molar-refractivity contribution in [2.24, 2.45) is 60.8 Å². The van der Waals surface area contributed by atoms with Gasteiger partial charge in [-0.3, -0.25) is 15.2 Å². The van der Waals surface area contributed by atoms with E-state index in [1.54, 1.807) is 97.4 Å². The standard InChI is InChI=1S/C80H102ClN15O13S/c1-46(2)38-63(71(101)89-62(19-12-13-36-84-47(3)4)80(109)96-37-15-20-69(96)77(107)85-48(5)70(82)100)90-73(103)66(41-53-24-31-60(32-25-53)86-49(6)97)92-75(105)67(42-54-26-33-61(34-27-54)87-50(7)98)94-78(108)79(110-9)95-76(106)68(44-56-16-14-35-83-45-56)93-74(104)65(40-52-22-29-59(81)30-23-52)91-72(102)64(88-51(8)99)43-55-21-28-57-17-10-11-18-58(57)39-55/h10-11,14,16-18,21-35,39,45-48,62-69,79,84H,12-13,15,19-20,36-38,40-44H2,1-9H3,(H2,82,100)(H,85,107)(H,86,97)(H,87,98)(H,88,99)(H,89,101)(H,90,103)(H,91,102)(H,92,105)(H,93,104)(H,94,108)(H,95,106). The number of nitrogens with one attached hydrogen (secondary N) is 2. The molecule has 30 heteroatoms. The Morgan fingerprint density at radius 2 is 0.991 bits per heavy atom. The maximum Gasteiger partial charge on any atom is 0.248 e. The summed E-state index contributed by atoms with van der Waals surface area (Å²) in [5.41, 5.74) is 3.70. The summed E-state index contributed by atoms with van der Waals surface area (Å²) in [5.74, 6) is -7.45. The number of aromatic nitrogens is 1. The van der Waals surface area contributed by atoms with Gasteiger partial charge in [-0.05, 0) is 145 Å². The topological polar surface area (TPSA) is 448 Å². The number of likely N-dealkylation sites (tertiary alicyclic amines) is 1. The number of aliphatic imine (C=N–C) groups is 11. The van der Waals surface area contributed by atoms with Crippen molar-refractivity contribution in [3.8, 4) is 0 Å². The number of aliphatic hydroxyl groups is 12. The zero-order valence-electron chi connectivity index (χ0n) is 63.3. The number of halogens is 1. The second-order valence-corrected chi connectivity index (χ2v) is 29.0. The van der Waals surface area contributed by atoms with Gasteiger partial charge in [-0.2, -0.15) is 0 Å². The highest BCUT2D eigenvalue weighted by atomic mass is 35.5. The highest BCUT2D eigenvalue weighted by Gasteiger charge is 2.38. The van der Waals surface area contributed by atoms with Gasteiger partial charge in [0.15, 0.2) is 23.1 Å². The molecule has 588 valence electrons. The molecule has 1 saturated heterocycles. The van der Waals surface area contributed by atoms with E-state index in [0.717, 1.165) is 28.1 Å². The molecule has 6 aromatic rings. The van der Waals surface area contributed by atoms with E-state index in [1.165, 1.54) is 38.8 Å². The van der Waals surface area contributed by atoms with E-state index < -0.39 is 119 Å². The second-order valence-electron chi connectivity index (χ2n) is 27.6. The average molecular weight is 1550 g/mol. The third-order valence-corrected chi connectivity index (χ3v) is 18.6. The van der Waals surface area contributed by atoms with Gasteiger partial charge in [-0.1, -0.05) is 124 Å². The van der Waals surface area contributed by atoms with Crippen molar-refractivity contribution in [1.82, 2.24) is 15.2 Å². The van der Waals surface area contributed by atoms with Gasteiger partial charge in [0.05, 0.1) is 11.4 Å². The molecular weight excluding hydrogens is 1450 g/mol. The maximum atomic E-state index is 14.7. The fraction of sp³-hybridized carbons (Fsp3) is 0.425. The highest BCUT2D eigenvalue weighted by Crippen LogP contribution is 2.27. The molecule has 0 bridgehead atoms. The molecule has 7 rings (SSSR count). The Hall–Kier alpha value is -10.8. The van der Waals surface area contributed by atoms with Crippen molar-refractivity contribution in [2.45, 2.75) is 192 Å². The first-order chi connectivity index (χ1) is 52.4. The molecule has 14 N–H and O–H groups in total. The number of carbonyl (C=O) groups excluding carboxylic acids is 1. The molecular formula is C80H102ClN15O13S. The number of nitrogens with zero attached hydrogens (tertiary/aromatic N) is 13. The SMILES string of the molecule is CSC(N=C(O)C(Cc1cccnc1)N=C(O)C(Cc1ccc(Cl)cc1)N=C(O)C(Cc1ccc2ccccc2c1)N=C(C)O)C(O)=NC(Cc1ccc(N=C(C)O)cc1)C(O)=NC(Cc1ccc(N=C(C)O)cc1)C(O)=NC(CC(C)C)C(O)=NC(CCCCNC(C)C)C(=O)N1CCCC1C(O)=NC(C)C(=N)O. The molecule has 1 aliphatic heterocycles. The van der Waals surface area contributed by atoms with Gasteiger partial charge < -0.3 is 71.5 Å². The highest BCUT2D eigenvalue weighted by molar-refractivity contribution is 7.99. The van der Waals surface area contributed by atoms with Crippen LogP contribution in [0.4, 0.5) is 11.4 Å². The Bertz CT molecular complexity index is 4370. The van der Waals surface area contributed by atoms with E-state index in [2.05, 4.69) is 60.2 Å². The summed E-state index contributed by atoms with van der Waals surface area (Å²) in [7, 11) is 0. The summed E-state index contributed by atoms with van der Waals surface area (Å²) in [6, 6.07) is 25.3. The van der Waals surface area contributed by atoms with Crippen molar-refractivity contribution in [2.75, 3.05) is 19.3 Å². The third kappa shape index (κ3) is 28.0. The van der Waals surface area contributed by atoms with E-state index in [9.17, 15) is 66.1 Å². The molecule has 1 aromatic heterocycles. The Balaban J connectivity index is 1.33. The summed E-state index contributed by atoms with van der Waals surface area (Å²) >= 11 is 7.22. The largest absolute Gasteiger partial charge is 0.497 e. The summed E-state index contributed by atoms with van der Waals surface area (Å²) in [6.45, 7) is 14.2. The molecule has 1 aliphatic rings. The predicted octanol–water partition coefficient (Wildman–Crippen LogP) is 14.6. The zero-order chi connectivity index (χ0) is 80.1. The van der Waals surface area contributed by atoms with E-state index in [4.69, 9.17) is 22.0 Å². The molecule has 2 heterocycles. The Morgan fingerprint density at radius 3 is 1.48 bits per heavy atom. The van der Waals surface area contributed by atoms with Crippen molar-refractivity contribution >= 4 is 122 Å². The molecule has 0 aliphatic carbocycles. The van der Waals surface area contributed by atoms with E-state index in [0.29, 0.717) is 70.9 Å². The number of hydrogen-bond acceptors (Lipinski definition) is 16. The number of amides is 1. The van der Waals surface area contributed by atoms with Gasteiger partial charge in [0.1, 0.15) is 54.4 Å². The van der Waals surface area contributed by atoms with Gasteiger partial charge in [0, 0.05) is 82.9 Å². The van der Waals surface area contributed by atoms with Crippen LogP contribution >= 0.6 is 23.4 Å². The monoisotopic (exact) mass is 1550 g/mol. The summed E-state index contributed by atoms with van der Waals surface area (Å²) in [4.78, 5) is 69.4. The van der Waals surface area contributed by atoms with Crippen LogP contribution in [0.25, 0.3) is 10.8 Å². The number of hydrogen-bond donors (Lipinski definition) is 14. The lowest BCUT2D eigenvalue weighted by Crippen LogP contribution is -2.46. The van der Waals surface area contributed by atoms with Crippen LogP contribution in [0, 0.1) is 11.3 Å². The number of thioether (sulfide) groups is 1. The number of fused-ring (bicyclic) bond motifs is 1. The number of rotatable bonds is 40. The molecule has 28 nitrogen and oxygen atoms in total. The van der Waals surface area contributed by atoms with Crippen LogP contribution in [0.3, 0.4) is 0 Å². The van der Waals surface area contributed by atoms with Gasteiger partial charge in [-0.25, -0.2) is 54.9 Å². The number of benzene rings is 5. The lowest BCUT2D eigenvalue weighted by atomic mass is 10.0. The fourth-order valence-electron chi connectivity index (χ4n) is 12.1. The van der Waals surface area contributed by atoms with Gasteiger partial charge >= 0.3 is 0 Å². The quantitative estimate of drug-likeness (QED) is 0.00965. The fourth-order valence-corrected chi connectivity index (χ4v) is 12.7. The first kappa shape index (κ1) is 86.5. The summed E-state index contributed by atoms with van der Waals surface area (Å²) < 4.78 is 0. The third-order valence-electron chi connectivity index (χ3n) is 17.6. The molecule has 1 fully saturated rings. The predicted molar refractivity (Wildman–Crippen MR) is 443 cm³/mol. The minimum absolute atomic E-state index is 0.0689. The zero-order valence-corrected chi connectivity index (χ0v) is 64.8. The molecule has 10 atom stereocenters. The van der Waals surface area contributed by atoms with Crippen molar-refractivity contribution in [3.63, 3.8) is 0 Å². The molecule has 5 aromatic carbocycles. The minimum atomic E-state index is -1.52. The Morgan fingerprint density at radius 1 is 0.527 bits per heavy atom. The molecule has 0 spiro atoms. The first-order valence-electron chi connectivity index (χ1n) is 36.4. The Labute approximate surface area is 650 Å². The lowest BCUT2D eigenvalue weighted by Gasteiger charge is -2.27. The normalized spacial score (nSPS) is 17.6. The van der Waals surface area contributed by atoms with Gasteiger partial charge in [0.25, 0.3) is 0 Å². The van der Waals surface area contributed by atoms with Crippen LogP contribution in [0.2, 0.25) is 5.02 Å². The number of unbranched alkanes of at least 4 members (excludes halogenated alkanes) is 1. The van der Waals surface area contributed by atoms with Crippen LogP contribution in [-0.4, -0.2) is 233 Å². The Kier molecular flexibility index (Phi) is 33.7. The van der Waals surface area contributed by atoms with Crippen LogP contribution in [0.1, 0.15) is 122 Å². The smallest absolute Gasteiger partial charge is 0.248 e. The molecule has 1 amide bonds. The van der Waals surface area contributed by atoms with Crippen LogP contribution in [-0.2, 0) is 36.9 Å². The number of aliphatic hydroxyl groups excluding tert-OH is 12. The molecule has 0 saturated carbocycles. The van der Waals surface area contributed by atoms with Crippen molar-refractivity contribution in [1.29, 1.82) is 5.41 Å². The van der Waals surface area contributed by atoms with E-state index >= 15 is 0 Å². The average Bonchev–Trinajstić information content (AvgIpc) is 1.31.